The molecule has 0 aliphatic carbocycles. The van der Waals surface area contributed by atoms with E-state index in [-0.39, 0.29) is 0 Å². The molecule has 1 aromatic carbocycles. The summed E-state index contributed by atoms with van der Waals surface area (Å²) in [5.41, 5.74) is 0. The molecule has 1 aromatic rings. The molecule has 0 atom stereocenters. The van der Waals surface area contributed by atoms with Gasteiger partial charge < -0.3 is 9.64 Å². The highest BCUT2D eigenvalue weighted by Gasteiger charge is 2.02. The van der Waals surface area contributed by atoms with Gasteiger partial charge in [-0.1, -0.05) is 18.2 Å². The number of thiocarbonyl (C=S) groups is 1. The third-order valence-corrected chi connectivity index (χ3v) is 2.13. The Hall–Kier alpha value is -1.09. The fourth-order valence-corrected chi connectivity index (χ4v) is 1.02. The Morgan fingerprint density at radius 2 is 2.00 bits per heavy atom. The zero-order valence-corrected chi connectivity index (χ0v) is 8.67. The van der Waals surface area contributed by atoms with Gasteiger partial charge in [0.25, 0.3) is 5.17 Å². The van der Waals surface area contributed by atoms with Gasteiger partial charge in [-0.25, -0.2) is 0 Å². The van der Waals surface area contributed by atoms with Gasteiger partial charge in [0.2, 0.25) is 0 Å². The van der Waals surface area contributed by atoms with Crippen LogP contribution in [0.15, 0.2) is 30.3 Å². The van der Waals surface area contributed by atoms with Crippen LogP contribution in [0.1, 0.15) is 6.92 Å². The average molecular weight is 195 g/mol. The molecule has 0 bridgehead atoms. The van der Waals surface area contributed by atoms with Crippen molar-refractivity contribution < 1.29 is 4.74 Å². The van der Waals surface area contributed by atoms with Crippen LogP contribution in [0.25, 0.3) is 0 Å². The van der Waals surface area contributed by atoms with E-state index in [0.717, 1.165) is 12.3 Å². The van der Waals surface area contributed by atoms with Crippen molar-refractivity contribution in [2.24, 2.45) is 0 Å². The van der Waals surface area contributed by atoms with Crippen molar-refractivity contribution in [3.8, 4) is 5.75 Å². The SMILES string of the molecule is CCN(C)C(=S)Oc1ccccc1. The van der Waals surface area contributed by atoms with Crippen molar-refractivity contribution in [1.82, 2.24) is 4.90 Å². The van der Waals surface area contributed by atoms with Crippen LogP contribution in [0.2, 0.25) is 0 Å². The van der Waals surface area contributed by atoms with E-state index >= 15 is 0 Å². The Kier molecular flexibility index (Phi) is 3.71. The molecule has 0 unspecified atom stereocenters. The van der Waals surface area contributed by atoms with Gasteiger partial charge in [0.1, 0.15) is 5.75 Å². The number of hydrogen-bond donors (Lipinski definition) is 0. The normalized spacial score (nSPS) is 9.38. The van der Waals surface area contributed by atoms with Crippen molar-refractivity contribution >= 4 is 17.4 Å². The maximum Gasteiger partial charge on any atom is 0.264 e. The summed E-state index contributed by atoms with van der Waals surface area (Å²) in [5, 5.41) is 0.508. The molecule has 0 heterocycles. The Balaban J connectivity index is 2.55. The molecule has 2 nitrogen and oxygen atoms in total. The van der Waals surface area contributed by atoms with Crippen LogP contribution < -0.4 is 4.74 Å². The average Bonchev–Trinajstić information content (AvgIpc) is 2.18. The first-order chi connectivity index (χ1) is 6.24. The summed E-state index contributed by atoms with van der Waals surface area (Å²) in [6.45, 7) is 2.88. The third-order valence-electron chi connectivity index (χ3n) is 1.73. The highest BCUT2D eigenvalue weighted by atomic mass is 32.1. The van der Waals surface area contributed by atoms with Crippen molar-refractivity contribution in [3.05, 3.63) is 30.3 Å². The Labute approximate surface area is 84.1 Å². The quantitative estimate of drug-likeness (QED) is 0.672. The monoisotopic (exact) mass is 195 g/mol. The minimum atomic E-state index is 0.508. The zero-order chi connectivity index (χ0) is 9.68. The van der Waals surface area contributed by atoms with Gasteiger partial charge >= 0.3 is 0 Å². The second kappa shape index (κ2) is 4.82. The summed E-state index contributed by atoms with van der Waals surface area (Å²) in [5.74, 6) is 0.785. The molecular weight excluding hydrogens is 182 g/mol. The number of benzene rings is 1. The number of nitrogens with zero attached hydrogens (tertiary/aromatic N) is 1. The number of ether oxygens (including phenoxy) is 1. The first kappa shape index (κ1) is 9.99. The standard InChI is InChI=1S/C10H13NOS/c1-3-11(2)10(13)12-9-7-5-4-6-8-9/h4-8H,3H2,1-2H3. The molecule has 0 N–H and O–H groups in total. The lowest BCUT2D eigenvalue weighted by atomic mass is 10.3. The molecule has 0 aliphatic rings. The second-order valence-corrected chi connectivity index (χ2v) is 3.04. The predicted octanol–water partition coefficient (Wildman–Crippen LogP) is 2.30. The molecule has 0 saturated carbocycles. The first-order valence-corrected chi connectivity index (χ1v) is 4.63. The third kappa shape index (κ3) is 3.03. The minimum absolute atomic E-state index is 0.508. The van der Waals surface area contributed by atoms with Gasteiger partial charge in [-0.05, 0) is 31.3 Å². The molecule has 0 saturated heterocycles. The van der Waals surface area contributed by atoms with E-state index in [2.05, 4.69) is 0 Å². The van der Waals surface area contributed by atoms with Crippen molar-refractivity contribution in [3.63, 3.8) is 0 Å². The zero-order valence-electron chi connectivity index (χ0n) is 7.86. The fourth-order valence-electron chi connectivity index (χ4n) is 0.796. The molecule has 0 amide bonds. The number of rotatable bonds is 2. The van der Waals surface area contributed by atoms with E-state index in [4.69, 9.17) is 17.0 Å². The fraction of sp³-hybridized carbons (Fsp3) is 0.300. The molecule has 0 aromatic heterocycles. The van der Waals surface area contributed by atoms with Gasteiger partial charge in [-0.3, -0.25) is 0 Å². The van der Waals surface area contributed by atoms with Crippen LogP contribution in [0, 0.1) is 0 Å². The van der Waals surface area contributed by atoms with E-state index in [0.29, 0.717) is 5.17 Å². The lowest BCUT2D eigenvalue weighted by Gasteiger charge is -2.17. The van der Waals surface area contributed by atoms with Crippen molar-refractivity contribution in [1.29, 1.82) is 0 Å². The first-order valence-electron chi connectivity index (χ1n) is 4.22. The lowest BCUT2D eigenvalue weighted by Crippen LogP contribution is -2.28. The Morgan fingerprint density at radius 1 is 1.38 bits per heavy atom. The van der Waals surface area contributed by atoms with E-state index in [9.17, 15) is 0 Å². The van der Waals surface area contributed by atoms with Crippen LogP contribution in [0.4, 0.5) is 0 Å². The molecule has 0 spiro atoms. The van der Waals surface area contributed by atoms with E-state index < -0.39 is 0 Å². The highest BCUT2D eigenvalue weighted by Crippen LogP contribution is 2.09. The van der Waals surface area contributed by atoms with Crippen LogP contribution in [-0.4, -0.2) is 23.7 Å². The van der Waals surface area contributed by atoms with Gasteiger partial charge in [-0.2, -0.15) is 0 Å². The van der Waals surface area contributed by atoms with Crippen molar-refractivity contribution in [2.75, 3.05) is 13.6 Å². The summed E-state index contributed by atoms with van der Waals surface area (Å²) in [6, 6.07) is 9.55. The molecule has 1 rings (SSSR count). The van der Waals surface area contributed by atoms with Crippen LogP contribution in [0.3, 0.4) is 0 Å². The Bertz CT molecular complexity index is 274. The van der Waals surface area contributed by atoms with E-state index in [1.54, 1.807) is 0 Å². The summed E-state index contributed by atoms with van der Waals surface area (Å²) >= 11 is 5.06. The molecule has 3 heteroatoms. The smallest absolute Gasteiger partial charge is 0.264 e. The van der Waals surface area contributed by atoms with E-state index in [1.807, 2.05) is 49.2 Å². The van der Waals surface area contributed by atoms with E-state index in [1.165, 1.54) is 0 Å². The predicted molar refractivity (Wildman–Crippen MR) is 58.0 cm³/mol. The van der Waals surface area contributed by atoms with Crippen LogP contribution >= 0.6 is 12.2 Å². The maximum absolute atomic E-state index is 5.42. The number of hydrogen-bond acceptors (Lipinski definition) is 2. The topological polar surface area (TPSA) is 12.5 Å². The van der Waals surface area contributed by atoms with Gasteiger partial charge in [0.05, 0.1) is 0 Å². The molecule has 0 fully saturated rings. The highest BCUT2D eigenvalue weighted by molar-refractivity contribution is 7.80. The molecule has 0 radical (unpaired) electrons. The molecular formula is C10H13NOS. The molecule has 70 valence electrons. The molecule has 0 aliphatic heterocycles. The van der Waals surface area contributed by atoms with Gasteiger partial charge in [0, 0.05) is 13.6 Å². The Morgan fingerprint density at radius 3 is 2.54 bits per heavy atom. The van der Waals surface area contributed by atoms with Crippen LogP contribution in [-0.2, 0) is 0 Å². The number of para-hydroxylation sites is 1. The lowest BCUT2D eigenvalue weighted by molar-refractivity contribution is 0.416. The summed E-state index contributed by atoms with van der Waals surface area (Å²) < 4.78 is 5.42. The van der Waals surface area contributed by atoms with Gasteiger partial charge in [0.15, 0.2) is 0 Å². The second-order valence-electron chi connectivity index (χ2n) is 2.70. The molecule has 13 heavy (non-hydrogen) atoms. The minimum Gasteiger partial charge on any atom is -0.432 e. The van der Waals surface area contributed by atoms with Crippen molar-refractivity contribution in [2.45, 2.75) is 6.92 Å². The summed E-state index contributed by atoms with van der Waals surface area (Å²) in [6.07, 6.45) is 0. The largest absolute Gasteiger partial charge is 0.432 e. The van der Waals surface area contributed by atoms with Crippen LogP contribution in [0.5, 0.6) is 5.75 Å². The summed E-state index contributed by atoms with van der Waals surface area (Å²) in [4.78, 5) is 1.88. The maximum atomic E-state index is 5.42. The van der Waals surface area contributed by atoms with Gasteiger partial charge in [-0.15, -0.1) is 0 Å². The summed E-state index contributed by atoms with van der Waals surface area (Å²) in [7, 11) is 1.91.